The molecule has 0 radical (unpaired) electrons. The number of nitrogens with one attached hydrogen (secondary N) is 2. The summed E-state index contributed by atoms with van der Waals surface area (Å²) in [6, 6.07) is 5.70. The maximum atomic E-state index is 12.3. The van der Waals surface area contributed by atoms with Gasteiger partial charge in [-0.05, 0) is 43.6 Å². The second-order valence-electron chi connectivity index (χ2n) is 8.97. The van der Waals surface area contributed by atoms with Crippen molar-refractivity contribution < 1.29 is 19.1 Å². The fraction of sp³-hybridized carbons (Fsp3) is 0.565. The number of aromatic amines is 1. The van der Waals surface area contributed by atoms with Gasteiger partial charge in [0.25, 0.3) is 0 Å². The molecular weight excluding hydrogens is 410 g/mol. The lowest BCUT2D eigenvalue weighted by Gasteiger charge is -2.43. The lowest BCUT2D eigenvalue weighted by atomic mass is 9.93. The van der Waals surface area contributed by atoms with Gasteiger partial charge < -0.3 is 19.7 Å². The summed E-state index contributed by atoms with van der Waals surface area (Å²) < 4.78 is 10.6. The molecule has 172 valence electrons. The SMILES string of the molecule is COc1ccc(CC(=O)Nc2cc([C@H]3CCC(COC(=O)N4C[C@H](C)[C@@H]4C)C3)[nH]n2)cn1. The quantitative estimate of drug-likeness (QED) is 0.682. The van der Waals surface area contributed by atoms with Gasteiger partial charge in [0.05, 0.1) is 20.1 Å². The maximum Gasteiger partial charge on any atom is 0.410 e. The number of amides is 2. The van der Waals surface area contributed by atoms with Crippen molar-refractivity contribution in [2.45, 2.75) is 51.5 Å². The molecule has 1 unspecified atom stereocenters. The van der Waals surface area contributed by atoms with Crippen LogP contribution in [0.25, 0.3) is 0 Å². The van der Waals surface area contributed by atoms with E-state index in [0.29, 0.717) is 36.1 Å². The van der Waals surface area contributed by atoms with Gasteiger partial charge in [-0.2, -0.15) is 5.10 Å². The molecule has 1 saturated carbocycles. The van der Waals surface area contributed by atoms with Crippen molar-refractivity contribution in [3.05, 3.63) is 35.7 Å². The molecule has 9 heteroatoms. The smallest absolute Gasteiger partial charge is 0.410 e. The molecule has 2 aliphatic rings. The van der Waals surface area contributed by atoms with E-state index in [-0.39, 0.29) is 24.5 Å². The van der Waals surface area contributed by atoms with Crippen LogP contribution in [0.1, 0.15) is 50.3 Å². The predicted octanol–water partition coefficient (Wildman–Crippen LogP) is 3.36. The maximum absolute atomic E-state index is 12.3. The molecule has 2 aromatic heterocycles. The van der Waals surface area contributed by atoms with Gasteiger partial charge in [-0.25, -0.2) is 9.78 Å². The van der Waals surface area contributed by atoms with Crippen LogP contribution in [-0.4, -0.2) is 58.4 Å². The standard InChI is InChI=1S/C23H31N5O4/c1-14-12-28(15(14)2)23(30)32-13-17-4-6-18(8-17)19-10-20(27-26-19)25-21(29)9-16-5-7-22(31-3)24-11-16/h5,7,10-11,14-15,17-18H,4,6,8-9,12-13H2,1-3H3,(H2,25,26,27,29)/t14-,15-,17?,18-/m0/s1. The molecule has 0 bridgehead atoms. The number of carbonyl (C=O) groups is 2. The first kappa shape index (κ1) is 22.1. The van der Waals surface area contributed by atoms with Crippen molar-refractivity contribution in [2.75, 3.05) is 25.6 Å². The topological polar surface area (TPSA) is 109 Å². The average molecular weight is 442 g/mol. The number of rotatable bonds is 7. The average Bonchev–Trinajstić information content (AvgIpc) is 3.45. The zero-order valence-corrected chi connectivity index (χ0v) is 18.8. The number of H-pyrrole nitrogens is 1. The zero-order valence-electron chi connectivity index (χ0n) is 18.8. The zero-order chi connectivity index (χ0) is 22.7. The van der Waals surface area contributed by atoms with E-state index in [2.05, 4.69) is 34.3 Å². The molecule has 0 aromatic carbocycles. The van der Waals surface area contributed by atoms with E-state index in [0.717, 1.165) is 37.1 Å². The van der Waals surface area contributed by atoms with Gasteiger partial charge in [0.15, 0.2) is 5.82 Å². The molecule has 3 heterocycles. The van der Waals surface area contributed by atoms with E-state index in [4.69, 9.17) is 9.47 Å². The number of ether oxygens (including phenoxy) is 2. The number of likely N-dealkylation sites (tertiary alicyclic amines) is 1. The van der Waals surface area contributed by atoms with E-state index in [1.807, 2.05) is 12.1 Å². The molecule has 4 rings (SSSR count). The summed E-state index contributed by atoms with van der Waals surface area (Å²) in [4.78, 5) is 30.4. The van der Waals surface area contributed by atoms with Gasteiger partial charge >= 0.3 is 6.09 Å². The van der Waals surface area contributed by atoms with Gasteiger partial charge in [-0.1, -0.05) is 13.0 Å². The number of nitrogens with zero attached hydrogens (tertiary/aromatic N) is 3. The summed E-state index contributed by atoms with van der Waals surface area (Å²) in [5, 5.41) is 10.1. The second kappa shape index (κ2) is 9.58. The fourth-order valence-electron chi connectivity index (χ4n) is 4.44. The number of hydrogen-bond acceptors (Lipinski definition) is 6. The van der Waals surface area contributed by atoms with Crippen LogP contribution in [0.15, 0.2) is 24.4 Å². The van der Waals surface area contributed by atoms with E-state index in [1.165, 1.54) is 0 Å². The molecule has 32 heavy (non-hydrogen) atoms. The Bertz CT molecular complexity index is 944. The molecule has 4 atom stereocenters. The van der Waals surface area contributed by atoms with Crippen LogP contribution < -0.4 is 10.1 Å². The molecule has 2 N–H and O–H groups in total. The molecular formula is C23H31N5O4. The fourth-order valence-corrected chi connectivity index (χ4v) is 4.44. The highest BCUT2D eigenvalue weighted by Crippen LogP contribution is 2.38. The Kier molecular flexibility index (Phi) is 6.62. The summed E-state index contributed by atoms with van der Waals surface area (Å²) >= 11 is 0. The van der Waals surface area contributed by atoms with E-state index >= 15 is 0 Å². The highest BCUT2D eigenvalue weighted by Gasteiger charge is 2.37. The molecule has 0 spiro atoms. The third-order valence-corrected chi connectivity index (χ3v) is 6.69. The van der Waals surface area contributed by atoms with Crippen LogP contribution in [0.4, 0.5) is 10.6 Å². The third-order valence-electron chi connectivity index (χ3n) is 6.69. The van der Waals surface area contributed by atoms with Gasteiger partial charge in [0.1, 0.15) is 0 Å². The van der Waals surface area contributed by atoms with Crippen molar-refractivity contribution in [2.24, 2.45) is 11.8 Å². The summed E-state index contributed by atoms with van der Waals surface area (Å²) in [6.07, 6.45) is 4.60. The van der Waals surface area contributed by atoms with Gasteiger partial charge in [-0.3, -0.25) is 9.89 Å². The first-order valence-electron chi connectivity index (χ1n) is 11.2. The predicted molar refractivity (Wildman–Crippen MR) is 118 cm³/mol. The number of carbonyl (C=O) groups excluding carboxylic acids is 2. The van der Waals surface area contributed by atoms with E-state index in [9.17, 15) is 9.59 Å². The summed E-state index contributed by atoms with van der Waals surface area (Å²) in [5.74, 6) is 2.09. The Balaban J connectivity index is 1.22. The van der Waals surface area contributed by atoms with Crippen LogP contribution in [0.2, 0.25) is 0 Å². The first-order valence-corrected chi connectivity index (χ1v) is 11.2. The van der Waals surface area contributed by atoms with Gasteiger partial charge in [0, 0.05) is 42.5 Å². The second-order valence-corrected chi connectivity index (χ2v) is 8.97. The van der Waals surface area contributed by atoms with Crippen molar-refractivity contribution in [1.29, 1.82) is 0 Å². The minimum atomic E-state index is -0.197. The number of aromatic nitrogens is 3. The number of hydrogen-bond donors (Lipinski definition) is 2. The van der Waals surface area contributed by atoms with Crippen LogP contribution >= 0.6 is 0 Å². The highest BCUT2D eigenvalue weighted by molar-refractivity contribution is 5.91. The molecule has 1 saturated heterocycles. The van der Waals surface area contributed by atoms with Crippen molar-refractivity contribution >= 4 is 17.8 Å². The lowest BCUT2D eigenvalue weighted by Crippen LogP contribution is -2.56. The largest absolute Gasteiger partial charge is 0.481 e. The summed E-state index contributed by atoms with van der Waals surface area (Å²) in [6.45, 7) is 5.45. The molecule has 9 nitrogen and oxygen atoms in total. The lowest BCUT2D eigenvalue weighted by molar-refractivity contribution is -0.115. The summed E-state index contributed by atoms with van der Waals surface area (Å²) in [7, 11) is 1.55. The number of pyridine rings is 1. The van der Waals surface area contributed by atoms with Crippen molar-refractivity contribution in [3.63, 3.8) is 0 Å². The van der Waals surface area contributed by atoms with Crippen molar-refractivity contribution in [3.8, 4) is 5.88 Å². The Labute approximate surface area is 187 Å². The minimum Gasteiger partial charge on any atom is -0.481 e. The van der Waals surface area contributed by atoms with Crippen LogP contribution in [0.3, 0.4) is 0 Å². The molecule has 2 fully saturated rings. The Morgan fingerprint density at radius 1 is 1.28 bits per heavy atom. The Hall–Kier alpha value is -3.10. The van der Waals surface area contributed by atoms with Gasteiger partial charge in [-0.15, -0.1) is 0 Å². The minimum absolute atomic E-state index is 0.152. The number of methoxy groups -OCH3 is 1. The van der Waals surface area contributed by atoms with Crippen LogP contribution in [-0.2, 0) is 16.0 Å². The summed E-state index contributed by atoms with van der Waals surface area (Å²) in [5.41, 5.74) is 1.81. The Morgan fingerprint density at radius 3 is 2.81 bits per heavy atom. The monoisotopic (exact) mass is 441 g/mol. The first-order chi connectivity index (χ1) is 15.4. The normalized spacial score (nSPS) is 24.7. The third kappa shape index (κ3) is 5.03. The van der Waals surface area contributed by atoms with Crippen LogP contribution in [0, 0.1) is 11.8 Å². The van der Waals surface area contributed by atoms with E-state index in [1.54, 1.807) is 24.3 Å². The number of anilines is 1. The molecule has 1 aliphatic heterocycles. The molecule has 2 aromatic rings. The van der Waals surface area contributed by atoms with Gasteiger partial charge in [0.2, 0.25) is 11.8 Å². The van der Waals surface area contributed by atoms with Crippen molar-refractivity contribution in [1.82, 2.24) is 20.1 Å². The van der Waals surface area contributed by atoms with Crippen LogP contribution in [0.5, 0.6) is 5.88 Å². The molecule has 2 amide bonds. The highest BCUT2D eigenvalue weighted by atomic mass is 16.6. The van der Waals surface area contributed by atoms with E-state index < -0.39 is 0 Å². The Morgan fingerprint density at radius 2 is 2.12 bits per heavy atom. The molecule has 1 aliphatic carbocycles.